The van der Waals surface area contributed by atoms with Crippen molar-refractivity contribution in [2.75, 3.05) is 0 Å². The van der Waals surface area contributed by atoms with E-state index in [0.29, 0.717) is 12.8 Å². The standard InChI is InChI=1S/2C5H8O2.Ba/c2*1-4(6)3-5(2)7;/h2*3H2,1-2H3;/q;;+2/p+4. The van der Waals surface area contributed by atoms with Crippen molar-refractivity contribution >= 4 is 72.0 Å². The summed E-state index contributed by atoms with van der Waals surface area (Å²) in [5.41, 5.74) is 0. The first-order chi connectivity index (χ1) is 6.25. The fourth-order valence-corrected chi connectivity index (χ4v) is 0.740. The molecule has 0 saturated heterocycles. The maximum absolute atomic E-state index is 8.46. The minimum Gasteiger partial charge on any atom is -0.283 e. The summed E-state index contributed by atoms with van der Waals surface area (Å²) in [5, 5.41) is 0. The van der Waals surface area contributed by atoms with Crippen LogP contribution in [-0.2, 0) is 0 Å². The molecule has 0 aliphatic heterocycles. The van der Waals surface area contributed by atoms with Crippen LogP contribution in [0.25, 0.3) is 0 Å². The first-order valence-corrected chi connectivity index (χ1v) is 4.31. The molecule has 0 bridgehead atoms. The van der Waals surface area contributed by atoms with Crippen LogP contribution in [0.5, 0.6) is 0 Å². The van der Waals surface area contributed by atoms with Crippen molar-refractivity contribution in [3.8, 4) is 0 Å². The molecule has 0 rings (SSSR count). The predicted octanol–water partition coefficient (Wildman–Crippen LogP) is 0.631. The zero-order valence-electron chi connectivity index (χ0n) is 9.91. The van der Waals surface area contributed by atoms with Gasteiger partial charge in [0.15, 0.2) is 12.8 Å². The number of carbonyl (C=O) groups excluding carboxylic acids is 4. The summed E-state index contributed by atoms with van der Waals surface area (Å²) in [6.45, 7) is 6.22. The molecule has 0 aliphatic rings. The van der Waals surface area contributed by atoms with Crippen molar-refractivity contribution in [3.63, 3.8) is 0 Å². The zero-order chi connectivity index (χ0) is 11.7. The van der Waals surface area contributed by atoms with E-state index in [1.165, 1.54) is 0 Å². The molecular formula is C10H20BaO4+6. The van der Waals surface area contributed by atoms with Gasteiger partial charge in [-0.3, -0.25) is 19.2 Å². The Morgan fingerprint density at radius 3 is 0.733 bits per heavy atom. The van der Waals surface area contributed by atoms with Crippen molar-refractivity contribution in [2.45, 2.75) is 40.5 Å². The van der Waals surface area contributed by atoms with Crippen LogP contribution in [-0.4, -0.2) is 91.2 Å². The van der Waals surface area contributed by atoms with Crippen LogP contribution >= 0.6 is 0 Å². The molecule has 0 saturated carbocycles. The zero-order valence-corrected chi connectivity index (χ0v) is 14.4. The molecule has 0 amide bonds. The summed E-state index contributed by atoms with van der Waals surface area (Å²) in [5.74, 6) is 1.00. The fourth-order valence-electron chi connectivity index (χ4n) is 0.740. The van der Waals surface area contributed by atoms with E-state index in [1.54, 1.807) is 27.7 Å². The second kappa shape index (κ2) is 12.3. The van der Waals surface area contributed by atoms with Gasteiger partial charge in [-0.05, 0) is 0 Å². The molecule has 0 unspecified atom stereocenters. The van der Waals surface area contributed by atoms with Crippen LogP contribution in [0.15, 0.2) is 0 Å². The molecule has 0 aromatic rings. The monoisotopic (exact) mass is 342 g/mol. The van der Waals surface area contributed by atoms with Gasteiger partial charge in [-0.1, -0.05) is 0 Å². The molecule has 0 radical (unpaired) electrons. The van der Waals surface area contributed by atoms with Crippen molar-refractivity contribution in [1.29, 1.82) is 0 Å². The Balaban J connectivity index is -0.000000180. The molecule has 4 N–H and O–H groups in total. The molecular weight excluding hydrogens is 321 g/mol. The van der Waals surface area contributed by atoms with Gasteiger partial charge in [-0.2, -0.15) is 0 Å². The first-order valence-electron chi connectivity index (χ1n) is 4.31. The Hall–Kier alpha value is 0.251. The van der Waals surface area contributed by atoms with Gasteiger partial charge >= 0.3 is 72.0 Å². The third-order valence-electron chi connectivity index (χ3n) is 1.02. The summed E-state index contributed by atoms with van der Waals surface area (Å²) < 4.78 is 0. The summed E-state index contributed by atoms with van der Waals surface area (Å²) >= 11 is 0. The van der Waals surface area contributed by atoms with Gasteiger partial charge in [0.25, 0.3) is 0 Å². The van der Waals surface area contributed by atoms with E-state index >= 15 is 0 Å². The Labute approximate surface area is 130 Å². The Kier molecular flexibility index (Phi) is 17.0. The molecule has 4 nitrogen and oxygen atoms in total. The van der Waals surface area contributed by atoms with Crippen LogP contribution in [0, 0.1) is 0 Å². The van der Waals surface area contributed by atoms with Gasteiger partial charge in [0.1, 0.15) is 0 Å². The van der Waals surface area contributed by atoms with Gasteiger partial charge in [0.05, 0.1) is 0 Å². The maximum atomic E-state index is 8.46. The van der Waals surface area contributed by atoms with Crippen LogP contribution in [0.2, 0.25) is 0 Å². The normalized spacial score (nSPS) is 7.73. The van der Waals surface area contributed by atoms with E-state index in [0.717, 1.165) is 0 Å². The predicted molar refractivity (Wildman–Crippen MR) is 65.5 cm³/mol. The average molecular weight is 342 g/mol. The van der Waals surface area contributed by atoms with Gasteiger partial charge in [-0.15, -0.1) is 0 Å². The minimum absolute atomic E-state index is 0. The molecule has 0 aromatic carbocycles. The van der Waals surface area contributed by atoms with Crippen LogP contribution in [0.1, 0.15) is 40.5 Å². The van der Waals surface area contributed by atoms with E-state index < -0.39 is 0 Å². The number of rotatable bonds is 4. The van der Waals surface area contributed by atoms with Crippen LogP contribution in [0.4, 0.5) is 0 Å². The summed E-state index contributed by atoms with van der Waals surface area (Å²) in [7, 11) is 0. The third kappa shape index (κ3) is 31.4. The Morgan fingerprint density at radius 1 is 0.600 bits per heavy atom. The Bertz CT molecular complexity index is 196. The van der Waals surface area contributed by atoms with E-state index in [9.17, 15) is 0 Å². The van der Waals surface area contributed by atoms with Gasteiger partial charge in [0.2, 0.25) is 0 Å². The van der Waals surface area contributed by atoms with E-state index in [1.807, 2.05) is 0 Å². The smallest absolute Gasteiger partial charge is 0.283 e. The van der Waals surface area contributed by atoms with Gasteiger partial charge in [0, 0.05) is 27.7 Å². The molecule has 0 aliphatic carbocycles. The second-order valence-electron chi connectivity index (χ2n) is 3.29. The molecule has 0 fully saturated rings. The van der Waals surface area contributed by atoms with Crippen molar-refractivity contribution in [3.05, 3.63) is 0 Å². The number of hydrogen-bond acceptors (Lipinski definition) is 0. The third-order valence-corrected chi connectivity index (χ3v) is 1.02. The van der Waals surface area contributed by atoms with Crippen LogP contribution < -0.4 is 0 Å². The fraction of sp³-hybridized carbons (Fsp3) is 0.600. The number of ketones is 4. The molecule has 0 spiro atoms. The molecule has 0 aromatic heterocycles. The molecule has 80 valence electrons. The second-order valence-corrected chi connectivity index (χ2v) is 3.29. The number of hydrogen-bond donors (Lipinski definition) is 0. The summed E-state index contributed by atoms with van der Waals surface area (Å²) in [4.78, 5) is 33.8. The van der Waals surface area contributed by atoms with Crippen molar-refractivity contribution < 1.29 is 19.2 Å². The quantitative estimate of drug-likeness (QED) is 0.408. The molecule has 5 heteroatoms. The Morgan fingerprint density at radius 2 is 0.733 bits per heavy atom. The van der Waals surface area contributed by atoms with Crippen molar-refractivity contribution in [1.82, 2.24) is 0 Å². The summed E-state index contributed by atoms with van der Waals surface area (Å²) in [6, 6.07) is 0. The maximum Gasteiger partial charge on any atom is 2.00 e. The minimum atomic E-state index is 0. The topological polar surface area (TPSA) is 85.6 Å². The van der Waals surface area contributed by atoms with Crippen molar-refractivity contribution in [2.24, 2.45) is 0 Å². The van der Waals surface area contributed by atoms with E-state index in [-0.39, 0.29) is 72.0 Å². The van der Waals surface area contributed by atoms with Gasteiger partial charge < -0.3 is 0 Å². The van der Waals surface area contributed by atoms with E-state index in [4.69, 9.17) is 19.2 Å². The first kappa shape index (κ1) is 20.6. The molecule has 0 atom stereocenters. The molecule has 0 heterocycles. The van der Waals surface area contributed by atoms with Crippen LogP contribution in [0.3, 0.4) is 0 Å². The average Bonchev–Trinajstić information content (AvgIpc) is 1.79. The summed E-state index contributed by atoms with van der Waals surface area (Å²) in [6.07, 6.45) is 0.611. The van der Waals surface area contributed by atoms with Gasteiger partial charge in [-0.25, -0.2) is 0 Å². The largest absolute Gasteiger partial charge is 2.00 e. The van der Waals surface area contributed by atoms with E-state index in [2.05, 4.69) is 0 Å². The molecule has 15 heavy (non-hydrogen) atoms. The SMILES string of the molecule is CC(=[OH+])CC(C)=[OH+].CC(=[OH+])CC(C)=[OH+].[Ba+2].